The van der Waals surface area contributed by atoms with Crippen molar-refractivity contribution >= 4 is 5.91 Å². The van der Waals surface area contributed by atoms with Crippen molar-refractivity contribution in [3.8, 4) is 0 Å². The molecule has 0 aliphatic heterocycles. The molecule has 0 heterocycles. The predicted molar refractivity (Wildman–Crippen MR) is 178 cm³/mol. The molecule has 1 amide bonds. The SMILES string of the molecule is CCCC/C=C\CCCCCC(O)C(=O)NC(CO)C(O)C(O)CCCCCCCCCCCCCCCCCCC. The van der Waals surface area contributed by atoms with Crippen LogP contribution in [0, 0.1) is 0 Å². The average Bonchev–Trinajstić information content (AvgIpc) is 2.99. The van der Waals surface area contributed by atoms with Gasteiger partial charge in [-0.2, -0.15) is 0 Å². The van der Waals surface area contributed by atoms with E-state index in [4.69, 9.17) is 0 Å². The summed E-state index contributed by atoms with van der Waals surface area (Å²) in [4.78, 5) is 12.4. The molecular weight excluding hydrogens is 526 g/mol. The average molecular weight is 598 g/mol. The summed E-state index contributed by atoms with van der Waals surface area (Å²) >= 11 is 0. The van der Waals surface area contributed by atoms with Crippen LogP contribution < -0.4 is 5.32 Å². The van der Waals surface area contributed by atoms with E-state index in [-0.39, 0.29) is 0 Å². The van der Waals surface area contributed by atoms with Gasteiger partial charge in [-0.25, -0.2) is 0 Å². The quantitative estimate of drug-likeness (QED) is 0.0396. The van der Waals surface area contributed by atoms with Crippen LogP contribution in [0.25, 0.3) is 0 Å². The summed E-state index contributed by atoms with van der Waals surface area (Å²) in [5.74, 6) is -0.599. The van der Waals surface area contributed by atoms with Crippen LogP contribution >= 0.6 is 0 Å². The van der Waals surface area contributed by atoms with Gasteiger partial charge in [-0.1, -0.05) is 161 Å². The highest BCUT2D eigenvalue weighted by molar-refractivity contribution is 5.80. The fourth-order valence-electron chi connectivity index (χ4n) is 5.50. The van der Waals surface area contributed by atoms with Gasteiger partial charge in [0.25, 0.3) is 0 Å². The zero-order valence-corrected chi connectivity index (χ0v) is 27.8. The Hall–Kier alpha value is -0.950. The number of hydrogen-bond acceptors (Lipinski definition) is 5. The van der Waals surface area contributed by atoms with Crippen LogP contribution in [0.3, 0.4) is 0 Å². The third-order valence-electron chi connectivity index (χ3n) is 8.48. The summed E-state index contributed by atoms with van der Waals surface area (Å²) in [5, 5.41) is 43.3. The lowest BCUT2D eigenvalue weighted by atomic mass is 9.99. The first-order chi connectivity index (χ1) is 20.5. The van der Waals surface area contributed by atoms with Gasteiger partial charge in [-0.15, -0.1) is 0 Å². The topological polar surface area (TPSA) is 110 Å². The molecule has 0 radical (unpaired) electrons. The lowest BCUT2D eigenvalue weighted by molar-refractivity contribution is -0.132. The van der Waals surface area contributed by atoms with E-state index in [1.165, 1.54) is 103 Å². The standard InChI is InChI=1S/C36H71NO5/c1-3-5-7-9-11-13-14-15-16-17-18-19-20-22-23-25-27-29-33(39)35(41)32(31-38)37-36(42)34(40)30-28-26-24-21-12-10-8-6-4-2/h10,12,32-35,38-41H,3-9,11,13-31H2,1-2H3,(H,37,42)/b12-10-. The van der Waals surface area contributed by atoms with Crippen LogP contribution in [0.1, 0.15) is 181 Å². The van der Waals surface area contributed by atoms with Crippen LogP contribution in [-0.2, 0) is 4.79 Å². The molecule has 0 aliphatic rings. The highest BCUT2D eigenvalue weighted by Gasteiger charge is 2.28. The number of nitrogens with one attached hydrogen (secondary N) is 1. The number of hydrogen-bond donors (Lipinski definition) is 5. The fraction of sp³-hybridized carbons (Fsp3) is 0.917. The first-order valence-corrected chi connectivity index (χ1v) is 18.1. The zero-order chi connectivity index (χ0) is 31.1. The summed E-state index contributed by atoms with van der Waals surface area (Å²) in [7, 11) is 0. The Morgan fingerprint density at radius 3 is 1.45 bits per heavy atom. The van der Waals surface area contributed by atoms with Crippen molar-refractivity contribution in [3.63, 3.8) is 0 Å². The molecule has 0 saturated carbocycles. The van der Waals surface area contributed by atoms with Crippen LogP contribution in [0.15, 0.2) is 12.2 Å². The molecule has 6 heteroatoms. The van der Waals surface area contributed by atoms with Gasteiger partial charge in [-0.3, -0.25) is 4.79 Å². The van der Waals surface area contributed by atoms with Gasteiger partial charge >= 0.3 is 0 Å². The van der Waals surface area contributed by atoms with Crippen LogP contribution in [0.4, 0.5) is 0 Å². The van der Waals surface area contributed by atoms with Crippen molar-refractivity contribution in [3.05, 3.63) is 12.2 Å². The molecule has 42 heavy (non-hydrogen) atoms. The fourth-order valence-corrected chi connectivity index (χ4v) is 5.50. The van der Waals surface area contributed by atoms with Crippen molar-refractivity contribution in [2.45, 2.75) is 205 Å². The van der Waals surface area contributed by atoms with E-state index < -0.39 is 36.9 Å². The van der Waals surface area contributed by atoms with Gasteiger partial charge < -0.3 is 25.7 Å². The molecule has 0 rings (SSSR count). The minimum Gasteiger partial charge on any atom is -0.394 e. The van der Waals surface area contributed by atoms with E-state index in [2.05, 4.69) is 31.3 Å². The third kappa shape index (κ3) is 25.5. The monoisotopic (exact) mass is 598 g/mol. The molecular formula is C36H71NO5. The number of allylic oxidation sites excluding steroid dienone is 2. The largest absolute Gasteiger partial charge is 0.394 e. The Kier molecular flexibility index (Phi) is 30.8. The molecule has 4 atom stereocenters. The van der Waals surface area contributed by atoms with Crippen molar-refractivity contribution in [2.24, 2.45) is 0 Å². The number of aliphatic hydroxyl groups is 4. The molecule has 4 unspecified atom stereocenters. The minimum atomic E-state index is -1.26. The molecule has 0 bridgehead atoms. The molecule has 0 aromatic carbocycles. The Morgan fingerprint density at radius 2 is 0.976 bits per heavy atom. The van der Waals surface area contributed by atoms with Crippen molar-refractivity contribution < 1.29 is 25.2 Å². The maximum Gasteiger partial charge on any atom is 0.249 e. The molecule has 0 fully saturated rings. The summed E-state index contributed by atoms with van der Waals surface area (Å²) in [5.41, 5.74) is 0. The van der Waals surface area contributed by atoms with Crippen LogP contribution in [0.5, 0.6) is 0 Å². The second-order valence-corrected chi connectivity index (χ2v) is 12.6. The van der Waals surface area contributed by atoms with Gasteiger partial charge in [-0.05, 0) is 32.1 Å². The summed E-state index contributed by atoms with van der Waals surface area (Å²) in [6.45, 7) is 3.97. The molecule has 0 aliphatic carbocycles. The first-order valence-electron chi connectivity index (χ1n) is 18.1. The first kappa shape index (κ1) is 41.0. The van der Waals surface area contributed by atoms with E-state index in [0.717, 1.165) is 51.4 Å². The van der Waals surface area contributed by atoms with E-state index in [9.17, 15) is 25.2 Å². The maximum absolute atomic E-state index is 12.4. The van der Waals surface area contributed by atoms with Gasteiger partial charge in [0.2, 0.25) is 5.91 Å². The second-order valence-electron chi connectivity index (χ2n) is 12.6. The minimum absolute atomic E-state index is 0.349. The van der Waals surface area contributed by atoms with Crippen LogP contribution in [-0.4, -0.2) is 57.3 Å². The molecule has 250 valence electrons. The Bertz CT molecular complexity index is 599. The number of amides is 1. The molecule has 0 aromatic rings. The number of carbonyl (C=O) groups is 1. The smallest absolute Gasteiger partial charge is 0.249 e. The predicted octanol–water partition coefficient (Wildman–Crippen LogP) is 8.28. The number of unbranched alkanes of at least 4 members (excludes halogenated alkanes) is 21. The highest BCUT2D eigenvalue weighted by atomic mass is 16.3. The Balaban J connectivity index is 3.78. The summed E-state index contributed by atoms with van der Waals surface area (Å²) < 4.78 is 0. The Morgan fingerprint density at radius 1 is 0.571 bits per heavy atom. The maximum atomic E-state index is 12.4. The second kappa shape index (κ2) is 31.5. The van der Waals surface area contributed by atoms with E-state index in [0.29, 0.717) is 12.8 Å². The third-order valence-corrected chi connectivity index (χ3v) is 8.48. The van der Waals surface area contributed by atoms with Gasteiger partial charge in [0, 0.05) is 0 Å². The summed E-state index contributed by atoms with van der Waals surface area (Å²) in [6.07, 6.45) is 31.0. The molecule has 0 spiro atoms. The van der Waals surface area contributed by atoms with Gasteiger partial charge in [0.15, 0.2) is 0 Å². The van der Waals surface area contributed by atoms with Gasteiger partial charge in [0.05, 0.1) is 18.8 Å². The molecule has 0 aromatic heterocycles. The number of rotatable bonds is 32. The lowest BCUT2D eigenvalue weighted by Crippen LogP contribution is -2.53. The molecule has 0 saturated heterocycles. The van der Waals surface area contributed by atoms with Crippen molar-refractivity contribution in [1.29, 1.82) is 0 Å². The van der Waals surface area contributed by atoms with E-state index in [1.807, 2.05) is 0 Å². The van der Waals surface area contributed by atoms with Gasteiger partial charge in [0.1, 0.15) is 12.2 Å². The highest BCUT2D eigenvalue weighted by Crippen LogP contribution is 2.16. The lowest BCUT2D eigenvalue weighted by Gasteiger charge is -2.27. The Labute approximate surface area is 260 Å². The molecule has 5 N–H and O–H groups in total. The van der Waals surface area contributed by atoms with E-state index in [1.54, 1.807) is 0 Å². The number of aliphatic hydroxyl groups excluding tert-OH is 4. The zero-order valence-electron chi connectivity index (χ0n) is 27.8. The molecule has 6 nitrogen and oxygen atoms in total. The normalized spacial score (nSPS) is 14.7. The van der Waals surface area contributed by atoms with Crippen molar-refractivity contribution in [1.82, 2.24) is 5.32 Å². The van der Waals surface area contributed by atoms with Crippen LogP contribution in [0.2, 0.25) is 0 Å². The number of carbonyl (C=O) groups excluding carboxylic acids is 1. The van der Waals surface area contributed by atoms with E-state index >= 15 is 0 Å². The summed E-state index contributed by atoms with van der Waals surface area (Å²) in [6, 6.07) is -0.985. The van der Waals surface area contributed by atoms with Crippen molar-refractivity contribution in [2.75, 3.05) is 6.61 Å².